The minimum absolute atomic E-state index is 0.119. The van der Waals surface area contributed by atoms with E-state index in [1.165, 1.54) is 12.8 Å². The molecule has 1 fully saturated rings. The number of carbonyl (C=O) groups is 1. The van der Waals surface area contributed by atoms with E-state index in [0.29, 0.717) is 0 Å². The van der Waals surface area contributed by atoms with E-state index < -0.39 is 0 Å². The fraction of sp³-hybridized carbons (Fsp3) is 0.923. The zero-order chi connectivity index (χ0) is 12.9. The molecule has 0 bridgehead atoms. The standard InChI is InChI=1S/C13H26N2O2/c1-4-15(5-2)12(17)11(3)14-10-13(6-7-13)8-9-16/h11,14,16H,4-10H2,1-3H3. The van der Waals surface area contributed by atoms with Gasteiger partial charge in [-0.15, -0.1) is 0 Å². The van der Waals surface area contributed by atoms with Crippen molar-refractivity contribution in [1.82, 2.24) is 10.2 Å². The van der Waals surface area contributed by atoms with Gasteiger partial charge in [-0.1, -0.05) is 0 Å². The Hall–Kier alpha value is -0.610. The second-order valence-electron chi connectivity index (χ2n) is 5.09. The summed E-state index contributed by atoms with van der Waals surface area (Å²) in [5.41, 5.74) is 0.270. The smallest absolute Gasteiger partial charge is 0.239 e. The molecule has 1 unspecified atom stereocenters. The molecule has 0 aromatic carbocycles. The van der Waals surface area contributed by atoms with Crippen LogP contribution in [0.15, 0.2) is 0 Å². The first-order chi connectivity index (χ1) is 8.08. The third-order valence-electron chi connectivity index (χ3n) is 3.83. The molecular weight excluding hydrogens is 216 g/mol. The molecule has 1 saturated carbocycles. The van der Waals surface area contributed by atoms with Crippen LogP contribution in [0, 0.1) is 5.41 Å². The summed E-state index contributed by atoms with van der Waals surface area (Å²) in [4.78, 5) is 13.9. The highest BCUT2D eigenvalue weighted by atomic mass is 16.3. The average molecular weight is 242 g/mol. The Morgan fingerprint density at radius 3 is 2.41 bits per heavy atom. The zero-order valence-corrected chi connectivity index (χ0v) is 11.3. The van der Waals surface area contributed by atoms with Gasteiger partial charge in [-0.25, -0.2) is 0 Å². The minimum atomic E-state index is -0.119. The number of nitrogens with zero attached hydrogens (tertiary/aromatic N) is 1. The van der Waals surface area contributed by atoms with E-state index in [1.54, 1.807) is 0 Å². The normalized spacial score (nSPS) is 18.8. The number of rotatable bonds is 8. The Labute approximate surface area is 104 Å². The largest absolute Gasteiger partial charge is 0.396 e. The van der Waals surface area contributed by atoms with Gasteiger partial charge in [-0.3, -0.25) is 4.79 Å². The summed E-state index contributed by atoms with van der Waals surface area (Å²) in [5.74, 6) is 0.176. The van der Waals surface area contributed by atoms with E-state index in [9.17, 15) is 4.79 Å². The highest BCUT2D eigenvalue weighted by Gasteiger charge is 2.41. The van der Waals surface area contributed by atoms with Crippen LogP contribution in [0.4, 0.5) is 0 Å². The van der Waals surface area contributed by atoms with Crippen LogP contribution < -0.4 is 5.32 Å². The number of aliphatic hydroxyl groups is 1. The van der Waals surface area contributed by atoms with Crippen LogP contribution in [0.25, 0.3) is 0 Å². The van der Waals surface area contributed by atoms with Gasteiger partial charge in [0.1, 0.15) is 0 Å². The average Bonchev–Trinajstić information content (AvgIpc) is 3.08. The van der Waals surface area contributed by atoms with E-state index >= 15 is 0 Å². The topological polar surface area (TPSA) is 52.6 Å². The van der Waals surface area contributed by atoms with Gasteiger partial charge >= 0.3 is 0 Å². The molecular formula is C13H26N2O2. The highest BCUT2D eigenvalue weighted by Crippen LogP contribution is 2.47. The van der Waals surface area contributed by atoms with Crippen molar-refractivity contribution in [3.63, 3.8) is 0 Å². The summed E-state index contributed by atoms with van der Waals surface area (Å²) >= 11 is 0. The van der Waals surface area contributed by atoms with Crippen molar-refractivity contribution in [2.75, 3.05) is 26.2 Å². The van der Waals surface area contributed by atoms with E-state index in [1.807, 2.05) is 25.7 Å². The first kappa shape index (κ1) is 14.5. The highest BCUT2D eigenvalue weighted by molar-refractivity contribution is 5.81. The second-order valence-corrected chi connectivity index (χ2v) is 5.09. The van der Waals surface area contributed by atoms with Crippen molar-refractivity contribution in [3.05, 3.63) is 0 Å². The van der Waals surface area contributed by atoms with Crippen LogP contribution in [0.5, 0.6) is 0 Å². The fourth-order valence-corrected chi connectivity index (χ4v) is 2.20. The quantitative estimate of drug-likeness (QED) is 0.667. The van der Waals surface area contributed by atoms with Crippen LogP contribution in [0.1, 0.15) is 40.0 Å². The molecule has 1 aliphatic rings. The molecule has 0 aromatic rings. The van der Waals surface area contributed by atoms with Gasteiger partial charge < -0.3 is 15.3 Å². The van der Waals surface area contributed by atoms with E-state index in [4.69, 9.17) is 5.11 Å². The molecule has 4 nitrogen and oxygen atoms in total. The maximum Gasteiger partial charge on any atom is 0.239 e. The summed E-state index contributed by atoms with van der Waals surface area (Å²) in [6.07, 6.45) is 3.20. The number of hydrogen-bond donors (Lipinski definition) is 2. The summed E-state index contributed by atoms with van der Waals surface area (Å²) < 4.78 is 0. The van der Waals surface area contributed by atoms with Crippen molar-refractivity contribution in [2.45, 2.75) is 46.1 Å². The summed E-state index contributed by atoms with van der Waals surface area (Å²) in [6.45, 7) is 8.56. The number of likely N-dealkylation sites (N-methyl/N-ethyl adjacent to an activating group) is 1. The van der Waals surface area contributed by atoms with Gasteiger partial charge in [0.25, 0.3) is 0 Å². The Morgan fingerprint density at radius 1 is 1.41 bits per heavy atom. The molecule has 1 atom stereocenters. The van der Waals surface area contributed by atoms with Crippen LogP contribution in [0.3, 0.4) is 0 Å². The lowest BCUT2D eigenvalue weighted by molar-refractivity contribution is -0.132. The maximum atomic E-state index is 12.0. The molecule has 17 heavy (non-hydrogen) atoms. The Balaban J connectivity index is 2.34. The lowest BCUT2D eigenvalue weighted by atomic mass is 10.0. The lowest BCUT2D eigenvalue weighted by Crippen LogP contribution is -2.46. The zero-order valence-electron chi connectivity index (χ0n) is 11.3. The molecule has 0 aromatic heterocycles. The Bertz CT molecular complexity index is 248. The van der Waals surface area contributed by atoms with E-state index in [-0.39, 0.29) is 24.0 Å². The number of aliphatic hydroxyl groups excluding tert-OH is 1. The Kier molecular flexibility index (Phi) is 5.40. The maximum absolute atomic E-state index is 12.0. The van der Waals surface area contributed by atoms with E-state index in [0.717, 1.165) is 26.1 Å². The van der Waals surface area contributed by atoms with Crippen molar-refractivity contribution < 1.29 is 9.90 Å². The van der Waals surface area contributed by atoms with Crippen molar-refractivity contribution in [3.8, 4) is 0 Å². The van der Waals surface area contributed by atoms with Crippen LogP contribution in [0.2, 0.25) is 0 Å². The molecule has 1 rings (SSSR count). The molecule has 0 radical (unpaired) electrons. The first-order valence-corrected chi connectivity index (χ1v) is 6.71. The van der Waals surface area contributed by atoms with E-state index in [2.05, 4.69) is 5.32 Å². The molecule has 1 amide bonds. The molecule has 0 saturated heterocycles. The molecule has 1 aliphatic carbocycles. The Morgan fingerprint density at radius 2 is 2.00 bits per heavy atom. The van der Waals surface area contributed by atoms with Crippen LogP contribution in [-0.2, 0) is 4.79 Å². The third-order valence-corrected chi connectivity index (χ3v) is 3.83. The van der Waals surface area contributed by atoms with Crippen molar-refractivity contribution in [1.29, 1.82) is 0 Å². The SMILES string of the molecule is CCN(CC)C(=O)C(C)NCC1(CCO)CC1. The predicted octanol–water partition coefficient (Wildman–Crippen LogP) is 0.995. The van der Waals surface area contributed by atoms with Crippen LogP contribution >= 0.6 is 0 Å². The van der Waals surface area contributed by atoms with Crippen LogP contribution in [-0.4, -0.2) is 48.2 Å². The number of hydrogen-bond acceptors (Lipinski definition) is 3. The number of amides is 1. The minimum Gasteiger partial charge on any atom is -0.396 e. The van der Waals surface area contributed by atoms with Gasteiger partial charge in [0.2, 0.25) is 5.91 Å². The summed E-state index contributed by atoms with van der Waals surface area (Å²) in [5, 5.41) is 12.3. The number of nitrogens with one attached hydrogen (secondary N) is 1. The van der Waals surface area contributed by atoms with Crippen molar-refractivity contribution in [2.24, 2.45) is 5.41 Å². The van der Waals surface area contributed by atoms with Gasteiger partial charge in [0.05, 0.1) is 6.04 Å². The predicted molar refractivity (Wildman–Crippen MR) is 68.8 cm³/mol. The molecule has 4 heteroatoms. The third kappa shape index (κ3) is 3.96. The molecule has 0 aliphatic heterocycles. The summed E-state index contributed by atoms with van der Waals surface area (Å²) in [6, 6.07) is -0.119. The molecule has 2 N–H and O–H groups in total. The van der Waals surface area contributed by atoms with Gasteiger partial charge in [-0.05, 0) is 45.4 Å². The lowest BCUT2D eigenvalue weighted by Gasteiger charge is -2.25. The second kappa shape index (κ2) is 6.36. The molecule has 100 valence electrons. The van der Waals surface area contributed by atoms with Gasteiger partial charge in [0, 0.05) is 26.2 Å². The number of carbonyl (C=O) groups excluding carboxylic acids is 1. The van der Waals surface area contributed by atoms with Gasteiger partial charge in [0.15, 0.2) is 0 Å². The van der Waals surface area contributed by atoms with Crippen molar-refractivity contribution >= 4 is 5.91 Å². The molecule has 0 heterocycles. The summed E-state index contributed by atoms with van der Waals surface area (Å²) in [7, 11) is 0. The fourth-order valence-electron chi connectivity index (χ4n) is 2.20. The first-order valence-electron chi connectivity index (χ1n) is 6.71. The van der Waals surface area contributed by atoms with Gasteiger partial charge in [-0.2, -0.15) is 0 Å². The monoisotopic (exact) mass is 242 g/mol. The molecule has 0 spiro atoms.